The Morgan fingerprint density at radius 1 is 1.24 bits per heavy atom. The Morgan fingerprint density at radius 3 is 2.71 bits per heavy atom. The van der Waals surface area contributed by atoms with E-state index in [1.807, 2.05) is 19.1 Å². The van der Waals surface area contributed by atoms with Crippen molar-refractivity contribution in [2.45, 2.75) is 26.7 Å². The summed E-state index contributed by atoms with van der Waals surface area (Å²) in [6, 6.07) is 3.85. The van der Waals surface area contributed by atoms with Crippen molar-refractivity contribution in [1.82, 2.24) is 15.0 Å². The van der Waals surface area contributed by atoms with E-state index in [9.17, 15) is 0 Å². The third kappa shape index (κ3) is 2.38. The molecular weight excluding hydrogens is 282 g/mol. The van der Waals surface area contributed by atoms with E-state index in [0.29, 0.717) is 5.92 Å². The van der Waals surface area contributed by atoms with E-state index >= 15 is 0 Å². The molecule has 1 aromatic carbocycles. The molecule has 2 heterocycles. The first-order valence-electron chi connectivity index (χ1n) is 6.79. The zero-order valence-electron chi connectivity index (χ0n) is 12.5. The highest BCUT2D eigenvalue weighted by Crippen LogP contribution is 2.34. The fourth-order valence-corrected chi connectivity index (χ4v) is 3.27. The van der Waals surface area contributed by atoms with Gasteiger partial charge < -0.3 is 4.74 Å². The minimum atomic E-state index is 0.405. The molecule has 3 aromatic rings. The van der Waals surface area contributed by atoms with Gasteiger partial charge in [-0.15, -0.1) is 11.3 Å². The molecule has 0 bridgehead atoms. The quantitative estimate of drug-likeness (QED) is 0.733. The molecule has 0 unspecified atom stereocenters. The number of methoxy groups -OCH3 is 1. The van der Waals surface area contributed by atoms with Crippen LogP contribution in [0, 0.1) is 13.3 Å². The summed E-state index contributed by atoms with van der Waals surface area (Å²) < 4.78 is 5.40. The van der Waals surface area contributed by atoms with Gasteiger partial charge in [0.15, 0.2) is 6.33 Å². The largest absolute Gasteiger partial charge is 0.496 e. The van der Waals surface area contributed by atoms with E-state index in [1.54, 1.807) is 18.4 Å². The number of rotatable bonds is 3. The number of hydrogen-bond acceptors (Lipinski definition) is 5. The lowest BCUT2D eigenvalue weighted by molar-refractivity contribution is 0.412. The Morgan fingerprint density at radius 2 is 2.05 bits per heavy atom. The average Bonchev–Trinajstić information content (AvgIpc) is 2.97. The van der Waals surface area contributed by atoms with Gasteiger partial charge >= 0.3 is 0 Å². The molecule has 0 spiro atoms. The van der Waals surface area contributed by atoms with Crippen molar-refractivity contribution in [3.63, 3.8) is 0 Å². The first kappa shape index (κ1) is 13.9. The van der Waals surface area contributed by atoms with E-state index in [4.69, 9.17) is 9.72 Å². The van der Waals surface area contributed by atoms with Gasteiger partial charge in [0.05, 0.1) is 18.3 Å². The molecule has 107 valence electrons. The molecule has 3 rings (SSSR count). The van der Waals surface area contributed by atoms with Crippen molar-refractivity contribution in [2.75, 3.05) is 7.11 Å². The minimum absolute atomic E-state index is 0.405. The molecule has 0 fully saturated rings. The number of hydrogen-bond donors (Lipinski definition) is 0. The van der Waals surface area contributed by atoms with Crippen LogP contribution < -0.4 is 4.74 Å². The van der Waals surface area contributed by atoms with Crippen LogP contribution in [-0.4, -0.2) is 22.1 Å². The molecule has 0 atom stereocenters. The van der Waals surface area contributed by atoms with Crippen molar-refractivity contribution >= 4 is 22.2 Å². The fraction of sp³-hybridized carbons (Fsp3) is 0.312. The van der Waals surface area contributed by atoms with Crippen molar-refractivity contribution in [1.29, 1.82) is 0 Å². The van der Waals surface area contributed by atoms with Gasteiger partial charge in [-0.05, 0) is 25.0 Å². The molecule has 0 saturated heterocycles. The fourth-order valence-electron chi connectivity index (χ4n) is 2.29. The van der Waals surface area contributed by atoms with Gasteiger partial charge in [-0.1, -0.05) is 13.8 Å². The second-order valence-electron chi connectivity index (χ2n) is 5.19. The summed E-state index contributed by atoms with van der Waals surface area (Å²) >= 11 is 1.61. The van der Waals surface area contributed by atoms with Crippen LogP contribution in [0.1, 0.15) is 31.0 Å². The summed E-state index contributed by atoms with van der Waals surface area (Å²) in [6.07, 6.45) is 2.73. The first-order chi connectivity index (χ1) is 10.1. The Balaban J connectivity index is 2.26. The maximum atomic E-state index is 5.40. The predicted molar refractivity (Wildman–Crippen MR) is 84.9 cm³/mol. The number of fused-ring (bicyclic) bond motifs is 1. The Hall–Kier alpha value is -2.01. The number of nitrogens with zero attached hydrogens (tertiary/aromatic N) is 3. The predicted octanol–water partition coefficient (Wildman–Crippen LogP) is 3.99. The van der Waals surface area contributed by atoms with Crippen LogP contribution >= 0.6 is 11.3 Å². The molecular formula is C16H16N3OS. The van der Waals surface area contributed by atoms with E-state index in [0.717, 1.165) is 38.6 Å². The third-order valence-corrected chi connectivity index (χ3v) is 4.37. The zero-order chi connectivity index (χ0) is 15.0. The highest BCUT2D eigenvalue weighted by atomic mass is 32.1. The van der Waals surface area contributed by atoms with Crippen LogP contribution in [0.5, 0.6) is 5.75 Å². The summed E-state index contributed by atoms with van der Waals surface area (Å²) in [5, 5.41) is 3.97. The molecule has 0 aliphatic carbocycles. The Bertz CT molecular complexity index is 795. The lowest BCUT2D eigenvalue weighted by Crippen LogP contribution is -1.95. The number of ether oxygens (including phenoxy) is 1. The lowest BCUT2D eigenvalue weighted by Gasteiger charge is -2.09. The van der Waals surface area contributed by atoms with E-state index in [-0.39, 0.29) is 0 Å². The molecule has 4 nitrogen and oxygen atoms in total. The SMILES string of the molecule is COc1ccc2n[c]nc(-c3nc(C(C)C)cs3)c2c1C. The molecule has 5 heteroatoms. The van der Waals surface area contributed by atoms with Gasteiger partial charge in [-0.2, -0.15) is 0 Å². The topological polar surface area (TPSA) is 47.9 Å². The van der Waals surface area contributed by atoms with Crippen molar-refractivity contribution < 1.29 is 4.74 Å². The van der Waals surface area contributed by atoms with E-state index in [2.05, 4.69) is 35.5 Å². The van der Waals surface area contributed by atoms with Crippen LogP contribution in [0.25, 0.3) is 21.6 Å². The molecule has 0 aliphatic rings. The van der Waals surface area contributed by atoms with Gasteiger partial charge in [-0.25, -0.2) is 15.0 Å². The van der Waals surface area contributed by atoms with Gasteiger partial charge in [0.25, 0.3) is 0 Å². The number of aryl methyl sites for hydroxylation is 1. The smallest absolute Gasteiger partial charge is 0.199 e. The molecule has 1 radical (unpaired) electrons. The molecule has 0 aliphatic heterocycles. The van der Waals surface area contributed by atoms with Gasteiger partial charge in [0, 0.05) is 16.3 Å². The van der Waals surface area contributed by atoms with Crippen molar-refractivity contribution in [3.8, 4) is 16.5 Å². The number of thiazole rings is 1. The van der Waals surface area contributed by atoms with Gasteiger partial charge in [-0.3, -0.25) is 0 Å². The standard InChI is InChI=1S/C16H16N3OS/c1-9(2)12-7-21-16(19-12)15-14-10(3)13(20-4)6-5-11(14)17-8-18-15/h5-7,9H,1-4H3. The number of benzene rings is 1. The second-order valence-corrected chi connectivity index (χ2v) is 6.05. The normalized spacial score (nSPS) is 11.3. The van der Waals surface area contributed by atoms with Crippen molar-refractivity contribution in [3.05, 3.63) is 35.1 Å². The highest BCUT2D eigenvalue weighted by Gasteiger charge is 2.15. The summed E-state index contributed by atoms with van der Waals surface area (Å²) in [5.74, 6) is 1.24. The molecule has 21 heavy (non-hydrogen) atoms. The van der Waals surface area contributed by atoms with Crippen LogP contribution in [0.15, 0.2) is 17.5 Å². The first-order valence-corrected chi connectivity index (χ1v) is 7.67. The lowest BCUT2D eigenvalue weighted by atomic mass is 10.1. The van der Waals surface area contributed by atoms with E-state index in [1.165, 1.54) is 0 Å². The summed E-state index contributed by atoms with van der Waals surface area (Å²) in [5.41, 5.74) is 3.80. The Kier molecular flexibility index (Phi) is 3.59. The zero-order valence-corrected chi connectivity index (χ0v) is 13.3. The summed E-state index contributed by atoms with van der Waals surface area (Å²) in [7, 11) is 1.67. The maximum Gasteiger partial charge on any atom is 0.199 e. The van der Waals surface area contributed by atoms with E-state index < -0.39 is 0 Å². The maximum absolute atomic E-state index is 5.40. The van der Waals surface area contributed by atoms with Gasteiger partial charge in [0.2, 0.25) is 0 Å². The molecule has 0 amide bonds. The molecule has 0 saturated carbocycles. The molecule has 2 aromatic heterocycles. The molecule has 0 N–H and O–H groups in total. The summed E-state index contributed by atoms with van der Waals surface area (Å²) in [6.45, 7) is 6.29. The Labute approximate surface area is 127 Å². The monoisotopic (exact) mass is 298 g/mol. The third-order valence-electron chi connectivity index (χ3n) is 3.50. The van der Waals surface area contributed by atoms with Gasteiger partial charge in [0.1, 0.15) is 16.5 Å². The highest BCUT2D eigenvalue weighted by molar-refractivity contribution is 7.13. The second kappa shape index (κ2) is 5.41. The van der Waals surface area contributed by atoms with Crippen LogP contribution in [0.2, 0.25) is 0 Å². The summed E-state index contributed by atoms with van der Waals surface area (Å²) in [4.78, 5) is 13.3. The minimum Gasteiger partial charge on any atom is -0.496 e. The van der Waals surface area contributed by atoms with Crippen LogP contribution in [0.4, 0.5) is 0 Å². The average molecular weight is 298 g/mol. The van der Waals surface area contributed by atoms with Crippen LogP contribution in [-0.2, 0) is 0 Å². The van der Waals surface area contributed by atoms with Crippen LogP contribution in [0.3, 0.4) is 0 Å². The van der Waals surface area contributed by atoms with Crippen molar-refractivity contribution in [2.24, 2.45) is 0 Å². The number of aromatic nitrogens is 3.